The fraction of sp³-hybridized carbons (Fsp3) is 0.167. The molecule has 0 amide bonds. The summed E-state index contributed by atoms with van der Waals surface area (Å²) in [5, 5.41) is 17.1. The van der Waals surface area contributed by atoms with Gasteiger partial charge in [0.15, 0.2) is 0 Å². The number of nitriles is 2. The van der Waals surface area contributed by atoms with Gasteiger partial charge in [-0.1, -0.05) is 0 Å². The van der Waals surface area contributed by atoms with Crippen molar-refractivity contribution in [1.29, 1.82) is 10.5 Å². The minimum Gasteiger partial charge on any atom is -0.496 e. The van der Waals surface area contributed by atoms with E-state index in [1.807, 2.05) is 0 Å². The lowest BCUT2D eigenvalue weighted by molar-refractivity contribution is -0.140. The minimum absolute atomic E-state index is 0.200. The van der Waals surface area contributed by atoms with E-state index in [-0.39, 0.29) is 11.3 Å². The van der Waals surface area contributed by atoms with Gasteiger partial charge < -0.3 is 4.74 Å². The van der Waals surface area contributed by atoms with E-state index in [2.05, 4.69) is 0 Å². The van der Waals surface area contributed by atoms with Gasteiger partial charge in [-0.05, 0) is 12.1 Å². The predicted molar refractivity (Wildman–Crippen MR) is 57.2 cm³/mol. The monoisotopic (exact) mass is 270 g/mol. The maximum atomic E-state index is 13.3. The highest BCUT2D eigenvalue weighted by atomic mass is 19.4. The highest BCUT2D eigenvalue weighted by Crippen LogP contribution is 2.35. The molecule has 0 fully saturated rings. The lowest BCUT2D eigenvalue weighted by Crippen LogP contribution is -2.09. The van der Waals surface area contributed by atoms with Crippen LogP contribution in [0.1, 0.15) is 11.1 Å². The lowest BCUT2D eigenvalue weighted by Gasteiger charge is -2.12. The Bertz CT molecular complexity index is 590. The van der Waals surface area contributed by atoms with Crippen LogP contribution in [0.25, 0.3) is 6.08 Å². The Labute approximate surface area is 105 Å². The van der Waals surface area contributed by atoms with E-state index >= 15 is 0 Å². The first-order valence-corrected chi connectivity index (χ1v) is 4.80. The van der Waals surface area contributed by atoms with Crippen LogP contribution >= 0.6 is 0 Å². The molecule has 0 radical (unpaired) electrons. The summed E-state index contributed by atoms with van der Waals surface area (Å²) in [6.07, 6.45) is -3.98. The van der Waals surface area contributed by atoms with Gasteiger partial charge in [-0.2, -0.15) is 23.7 Å². The van der Waals surface area contributed by atoms with Crippen molar-refractivity contribution in [2.75, 3.05) is 7.11 Å². The molecule has 0 N–H and O–H groups in total. The van der Waals surface area contributed by atoms with E-state index in [0.717, 1.165) is 13.2 Å². The first-order chi connectivity index (χ1) is 8.83. The quantitative estimate of drug-likeness (QED) is 0.612. The van der Waals surface area contributed by atoms with Gasteiger partial charge in [0.2, 0.25) is 0 Å². The van der Waals surface area contributed by atoms with Gasteiger partial charge in [0.05, 0.1) is 12.7 Å². The van der Waals surface area contributed by atoms with Crippen molar-refractivity contribution in [3.05, 3.63) is 34.6 Å². The Hall–Kier alpha value is -2.54. The third-order valence-electron chi connectivity index (χ3n) is 2.17. The Morgan fingerprint density at radius 1 is 1.26 bits per heavy atom. The van der Waals surface area contributed by atoms with Gasteiger partial charge in [-0.25, -0.2) is 4.39 Å². The molecule has 0 saturated carbocycles. The number of methoxy groups -OCH3 is 1. The van der Waals surface area contributed by atoms with Crippen LogP contribution in [0.2, 0.25) is 0 Å². The SMILES string of the molecule is COc1cc(F)c(C(F)(F)F)cc1C=C(C#N)C#N. The fourth-order valence-electron chi connectivity index (χ4n) is 1.32. The fourth-order valence-corrected chi connectivity index (χ4v) is 1.32. The molecule has 0 aliphatic rings. The molecular weight excluding hydrogens is 264 g/mol. The Kier molecular flexibility index (Phi) is 4.13. The lowest BCUT2D eigenvalue weighted by atomic mass is 10.1. The number of nitrogens with zero attached hydrogens (tertiary/aromatic N) is 2. The molecule has 1 rings (SSSR count). The van der Waals surface area contributed by atoms with Crippen LogP contribution in [-0.2, 0) is 6.18 Å². The van der Waals surface area contributed by atoms with Gasteiger partial charge >= 0.3 is 6.18 Å². The zero-order chi connectivity index (χ0) is 14.6. The zero-order valence-corrected chi connectivity index (χ0v) is 9.55. The smallest absolute Gasteiger partial charge is 0.419 e. The number of hydrogen-bond donors (Lipinski definition) is 0. The summed E-state index contributed by atoms with van der Waals surface area (Å²) in [5.41, 5.74) is -2.11. The van der Waals surface area contributed by atoms with Crippen LogP contribution in [0, 0.1) is 28.5 Å². The number of allylic oxidation sites excluding steroid dienone is 1. The van der Waals surface area contributed by atoms with Crippen LogP contribution in [0.3, 0.4) is 0 Å². The second-order valence-electron chi connectivity index (χ2n) is 3.35. The average Bonchev–Trinajstić information content (AvgIpc) is 2.35. The molecule has 19 heavy (non-hydrogen) atoms. The molecule has 1 aromatic carbocycles. The molecule has 0 unspecified atom stereocenters. The number of alkyl halides is 3. The summed E-state index contributed by atoms with van der Waals surface area (Å²) in [4.78, 5) is 0. The maximum absolute atomic E-state index is 13.3. The van der Waals surface area contributed by atoms with Crippen molar-refractivity contribution >= 4 is 6.08 Å². The van der Waals surface area contributed by atoms with E-state index < -0.39 is 23.1 Å². The molecule has 1 aromatic rings. The Balaban J connectivity index is 3.52. The van der Waals surface area contributed by atoms with Crippen molar-refractivity contribution in [2.24, 2.45) is 0 Å². The topological polar surface area (TPSA) is 56.8 Å². The molecule has 0 bridgehead atoms. The molecular formula is C12H6F4N2O. The highest BCUT2D eigenvalue weighted by molar-refractivity contribution is 5.67. The van der Waals surface area contributed by atoms with Crippen molar-refractivity contribution in [1.82, 2.24) is 0 Å². The molecule has 0 atom stereocenters. The minimum atomic E-state index is -4.88. The molecule has 3 nitrogen and oxygen atoms in total. The molecule has 0 saturated heterocycles. The zero-order valence-electron chi connectivity index (χ0n) is 9.55. The third-order valence-corrected chi connectivity index (χ3v) is 2.17. The molecule has 98 valence electrons. The van der Waals surface area contributed by atoms with Crippen molar-refractivity contribution in [3.63, 3.8) is 0 Å². The van der Waals surface area contributed by atoms with Crippen LogP contribution in [0.5, 0.6) is 5.75 Å². The average molecular weight is 270 g/mol. The number of benzene rings is 1. The highest BCUT2D eigenvalue weighted by Gasteiger charge is 2.35. The number of hydrogen-bond acceptors (Lipinski definition) is 3. The summed E-state index contributed by atoms with van der Waals surface area (Å²) < 4.78 is 55.6. The van der Waals surface area contributed by atoms with Gasteiger partial charge in [0.25, 0.3) is 0 Å². The first-order valence-electron chi connectivity index (χ1n) is 4.80. The number of rotatable bonds is 2. The van der Waals surface area contributed by atoms with E-state index in [0.29, 0.717) is 12.1 Å². The van der Waals surface area contributed by atoms with Gasteiger partial charge in [-0.15, -0.1) is 0 Å². The van der Waals surface area contributed by atoms with Gasteiger partial charge in [0, 0.05) is 11.6 Å². The molecule has 0 aliphatic carbocycles. The largest absolute Gasteiger partial charge is 0.496 e. The molecule has 0 aliphatic heterocycles. The van der Waals surface area contributed by atoms with Crippen LogP contribution < -0.4 is 4.74 Å². The second-order valence-corrected chi connectivity index (χ2v) is 3.35. The van der Waals surface area contributed by atoms with Crippen LogP contribution in [-0.4, -0.2) is 7.11 Å². The van der Waals surface area contributed by atoms with Crippen LogP contribution in [0.4, 0.5) is 17.6 Å². The molecule has 0 aromatic heterocycles. The van der Waals surface area contributed by atoms with E-state index in [9.17, 15) is 17.6 Å². The first kappa shape index (κ1) is 14.5. The van der Waals surface area contributed by atoms with Crippen molar-refractivity contribution < 1.29 is 22.3 Å². The predicted octanol–water partition coefficient (Wildman–Crippen LogP) is 3.28. The molecule has 0 heterocycles. The summed E-state index contributed by atoms with van der Waals surface area (Å²) in [5.74, 6) is -1.69. The van der Waals surface area contributed by atoms with Crippen molar-refractivity contribution in [3.8, 4) is 17.9 Å². The Morgan fingerprint density at radius 3 is 2.26 bits per heavy atom. The van der Waals surface area contributed by atoms with Crippen molar-refractivity contribution in [2.45, 2.75) is 6.18 Å². The van der Waals surface area contributed by atoms with E-state index in [1.54, 1.807) is 0 Å². The molecule has 0 spiro atoms. The van der Waals surface area contributed by atoms with E-state index in [1.165, 1.54) is 12.1 Å². The summed E-state index contributed by atoms with van der Waals surface area (Å²) in [7, 11) is 1.14. The van der Waals surface area contributed by atoms with Gasteiger partial charge in [-0.3, -0.25) is 0 Å². The summed E-state index contributed by atoms with van der Waals surface area (Å²) >= 11 is 0. The summed E-state index contributed by atoms with van der Waals surface area (Å²) in [6.45, 7) is 0. The summed E-state index contributed by atoms with van der Waals surface area (Å²) in [6, 6.07) is 4.03. The van der Waals surface area contributed by atoms with E-state index in [4.69, 9.17) is 15.3 Å². The van der Waals surface area contributed by atoms with Crippen LogP contribution in [0.15, 0.2) is 17.7 Å². The number of halogens is 4. The molecule has 7 heteroatoms. The number of ether oxygens (including phenoxy) is 1. The maximum Gasteiger partial charge on any atom is 0.419 e. The Morgan fingerprint density at radius 2 is 1.84 bits per heavy atom. The standard InChI is InChI=1S/C12H6F4N2O/c1-19-11-4-10(13)9(12(14,15)16)3-8(11)2-7(5-17)6-18/h2-4H,1H3. The second kappa shape index (κ2) is 5.40. The normalized spacial score (nSPS) is 10.3. The third kappa shape index (κ3) is 3.23. The van der Waals surface area contributed by atoms with Gasteiger partial charge in [0.1, 0.15) is 29.3 Å².